The minimum atomic E-state index is -0.0603. The molecule has 0 aromatic heterocycles. The van der Waals surface area contributed by atoms with Crippen molar-refractivity contribution >= 4 is 40.3 Å². The molecule has 0 unspecified atom stereocenters. The average molecular weight is 441 g/mol. The lowest BCUT2D eigenvalue weighted by Crippen LogP contribution is -2.28. The summed E-state index contributed by atoms with van der Waals surface area (Å²) in [5.74, 6) is 0.878. The molecular weight excluding hydrogens is 416 g/mol. The summed E-state index contributed by atoms with van der Waals surface area (Å²) in [4.78, 5) is 20.6. The highest BCUT2D eigenvalue weighted by Gasteiger charge is 2.35. The third kappa shape index (κ3) is 4.08. The fourth-order valence-electron chi connectivity index (χ4n) is 3.88. The van der Waals surface area contributed by atoms with Crippen LogP contribution < -0.4 is 9.64 Å². The molecule has 1 atom stereocenters. The van der Waals surface area contributed by atoms with E-state index in [1.165, 1.54) is 22.9 Å². The minimum absolute atomic E-state index is 0.0603. The summed E-state index contributed by atoms with van der Waals surface area (Å²) in [5.41, 5.74) is 6.15. The Labute approximate surface area is 192 Å². The molecule has 2 heterocycles. The predicted octanol–water partition coefficient (Wildman–Crippen LogP) is 6.44. The monoisotopic (exact) mass is 440 g/mol. The fraction of sp³-hybridized carbons (Fsp3) is 0.185. The van der Waals surface area contributed by atoms with Crippen molar-refractivity contribution in [2.75, 3.05) is 4.90 Å². The Bertz CT molecular complexity index is 1240. The van der Waals surface area contributed by atoms with Gasteiger partial charge in [-0.2, -0.15) is 0 Å². The maximum absolute atomic E-state index is 13.5. The number of rotatable bonds is 3. The van der Waals surface area contributed by atoms with E-state index in [1.807, 2.05) is 80.6 Å². The van der Waals surface area contributed by atoms with Crippen molar-refractivity contribution in [3.63, 3.8) is 0 Å². The summed E-state index contributed by atoms with van der Waals surface area (Å²) in [5, 5.41) is 0.659. The second-order valence-electron chi connectivity index (χ2n) is 8.32. The van der Waals surface area contributed by atoms with E-state index in [0.29, 0.717) is 10.1 Å². The van der Waals surface area contributed by atoms with Gasteiger partial charge in [0.05, 0.1) is 16.3 Å². The van der Waals surface area contributed by atoms with Crippen molar-refractivity contribution in [3.8, 4) is 5.75 Å². The van der Waals surface area contributed by atoms with Gasteiger partial charge in [-0.05, 0) is 86.1 Å². The number of hydrogen-bond acceptors (Lipinski definition) is 4. The molecule has 0 spiro atoms. The molecule has 2 aliphatic heterocycles. The van der Waals surface area contributed by atoms with E-state index >= 15 is 0 Å². The van der Waals surface area contributed by atoms with Crippen LogP contribution in [0.15, 0.2) is 76.6 Å². The number of benzene rings is 3. The molecule has 0 N–H and O–H groups in total. The van der Waals surface area contributed by atoms with Gasteiger partial charge < -0.3 is 4.74 Å². The fourth-order valence-corrected chi connectivity index (χ4v) is 4.88. The highest BCUT2D eigenvalue weighted by atomic mass is 32.2. The number of ether oxygens (including phenoxy) is 1. The molecule has 5 rings (SSSR count). The van der Waals surface area contributed by atoms with E-state index in [0.717, 1.165) is 34.7 Å². The molecule has 0 radical (unpaired) electrons. The van der Waals surface area contributed by atoms with Crippen LogP contribution in [0.2, 0.25) is 0 Å². The average Bonchev–Trinajstić information content (AvgIpc) is 3.29. The van der Waals surface area contributed by atoms with Gasteiger partial charge in [-0.3, -0.25) is 9.69 Å². The quantitative estimate of drug-likeness (QED) is 0.440. The van der Waals surface area contributed by atoms with Crippen LogP contribution in [0.25, 0.3) is 6.08 Å². The van der Waals surface area contributed by atoms with Gasteiger partial charge >= 0.3 is 0 Å². The van der Waals surface area contributed by atoms with Crippen LogP contribution in [-0.2, 0) is 11.2 Å². The van der Waals surface area contributed by atoms with Gasteiger partial charge in [0.15, 0.2) is 5.17 Å². The summed E-state index contributed by atoms with van der Waals surface area (Å²) >= 11 is 1.41. The Morgan fingerprint density at radius 2 is 1.69 bits per heavy atom. The standard InChI is InChI=1S/C27H24N2O2S/c1-17-4-9-22(10-5-17)28-27-29(23-11-6-18(2)7-12-23)26(30)25(32-27)16-20-8-13-24-21(15-20)14-19(3)31-24/h4-13,15-16,19H,14H2,1-3H3/b25-16+,28-27?/t19-/m1/s1. The van der Waals surface area contributed by atoms with Crippen molar-refractivity contribution in [1.82, 2.24) is 0 Å². The van der Waals surface area contributed by atoms with Crippen LogP contribution in [0.5, 0.6) is 5.75 Å². The topological polar surface area (TPSA) is 41.9 Å². The number of thioether (sulfide) groups is 1. The molecular formula is C27H24N2O2S. The van der Waals surface area contributed by atoms with Gasteiger partial charge in [0.25, 0.3) is 5.91 Å². The first-order valence-corrected chi connectivity index (χ1v) is 11.5. The first-order chi connectivity index (χ1) is 15.5. The lowest BCUT2D eigenvalue weighted by atomic mass is 10.1. The minimum Gasteiger partial charge on any atom is -0.490 e. The van der Waals surface area contributed by atoms with Crippen LogP contribution in [0.1, 0.15) is 29.2 Å². The molecule has 5 heteroatoms. The molecule has 160 valence electrons. The maximum Gasteiger partial charge on any atom is 0.271 e. The number of carbonyl (C=O) groups is 1. The molecule has 4 nitrogen and oxygen atoms in total. The molecule has 0 bridgehead atoms. The van der Waals surface area contributed by atoms with Crippen LogP contribution in [0.3, 0.4) is 0 Å². The highest BCUT2D eigenvalue weighted by Crippen LogP contribution is 2.38. The first-order valence-electron chi connectivity index (χ1n) is 10.7. The summed E-state index contributed by atoms with van der Waals surface area (Å²) < 4.78 is 5.81. The van der Waals surface area contributed by atoms with Gasteiger partial charge in [-0.25, -0.2) is 4.99 Å². The van der Waals surface area contributed by atoms with Crippen LogP contribution in [0.4, 0.5) is 11.4 Å². The smallest absolute Gasteiger partial charge is 0.271 e. The summed E-state index contributed by atoms with van der Waals surface area (Å²) in [6.07, 6.45) is 3.04. The molecule has 32 heavy (non-hydrogen) atoms. The number of aliphatic imine (C=N–C) groups is 1. The van der Waals surface area contributed by atoms with Crippen LogP contribution >= 0.6 is 11.8 Å². The SMILES string of the molecule is Cc1ccc(N=C2S/C(=C/c3ccc4c(c3)C[C@@H](C)O4)C(=O)N2c2ccc(C)cc2)cc1. The van der Waals surface area contributed by atoms with E-state index in [4.69, 9.17) is 9.73 Å². The van der Waals surface area contributed by atoms with E-state index in [1.54, 1.807) is 4.90 Å². The number of anilines is 1. The third-order valence-electron chi connectivity index (χ3n) is 5.58. The second-order valence-corrected chi connectivity index (χ2v) is 9.33. The lowest BCUT2D eigenvalue weighted by Gasteiger charge is -2.16. The van der Waals surface area contributed by atoms with Crippen LogP contribution in [-0.4, -0.2) is 17.2 Å². The number of nitrogens with zero attached hydrogens (tertiary/aromatic N) is 2. The lowest BCUT2D eigenvalue weighted by molar-refractivity contribution is -0.113. The molecule has 3 aromatic carbocycles. The van der Waals surface area contributed by atoms with Gasteiger partial charge in [-0.1, -0.05) is 41.5 Å². The van der Waals surface area contributed by atoms with Crippen LogP contribution in [0, 0.1) is 13.8 Å². The van der Waals surface area contributed by atoms with E-state index in [9.17, 15) is 4.79 Å². The molecule has 0 saturated carbocycles. The van der Waals surface area contributed by atoms with Crippen molar-refractivity contribution in [1.29, 1.82) is 0 Å². The number of hydrogen-bond donors (Lipinski definition) is 0. The summed E-state index contributed by atoms with van der Waals surface area (Å²) in [6, 6.07) is 22.1. The summed E-state index contributed by atoms with van der Waals surface area (Å²) in [6.45, 7) is 6.16. The Morgan fingerprint density at radius 1 is 1.00 bits per heavy atom. The molecule has 1 amide bonds. The molecule has 2 aliphatic rings. The summed E-state index contributed by atoms with van der Waals surface area (Å²) in [7, 11) is 0. The van der Waals surface area contributed by atoms with Crippen molar-refractivity contribution < 1.29 is 9.53 Å². The van der Waals surface area contributed by atoms with Crippen molar-refractivity contribution in [3.05, 3.63) is 93.9 Å². The maximum atomic E-state index is 13.5. The number of aryl methyl sites for hydroxylation is 2. The molecule has 1 saturated heterocycles. The van der Waals surface area contributed by atoms with Crippen molar-refractivity contribution in [2.45, 2.75) is 33.3 Å². The van der Waals surface area contributed by atoms with E-state index in [2.05, 4.69) is 13.0 Å². The number of amides is 1. The zero-order valence-corrected chi connectivity index (χ0v) is 19.1. The zero-order valence-electron chi connectivity index (χ0n) is 18.3. The second kappa shape index (κ2) is 8.32. The largest absolute Gasteiger partial charge is 0.490 e. The molecule has 1 fully saturated rings. The Kier molecular flexibility index (Phi) is 5.35. The normalized spacial score (nSPS) is 20.2. The number of amidine groups is 1. The highest BCUT2D eigenvalue weighted by molar-refractivity contribution is 8.19. The number of carbonyl (C=O) groups excluding carboxylic acids is 1. The third-order valence-corrected chi connectivity index (χ3v) is 6.54. The Balaban J connectivity index is 1.53. The Hall–Kier alpha value is -3.31. The van der Waals surface area contributed by atoms with Gasteiger partial charge in [0.2, 0.25) is 0 Å². The molecule has 0 aliphatic carbocycles. The van der Waals surface area contributed by atoms with Gasteiger partial charge in [-0.15, -0.1) is 0 Å². The van der Waals surface area contributed by atoms with Gasteiger partial charge in [0.1, 0.15) is 11.9 Å². The number of fused-ring (bicyclic) bond motifs is 1. The first kappa shape index (κ1) is 20.6. The predicted molar refractivity (Wildman–Crippen MR) is 133 cm³/mol. The Morgan fingerprint density at radius 3 is 2.41 bits per heavy atom. The van der Waals surface area contributed by atoms with Crippen molar-refractivity contribution in [2.24, 2.45) is 4.99 Å². The molecule has 3 aromatic rings. The van der Waals surface area contributed by atoms with E-state index < -0.39 is 0 Å². The van der Waals surface area contributed by atoms with E-state index in [-0.39, 0.29) is 12.0 Å². The van der Waals surface area contributed by atoms with Gasteiger partial charge in [0, 0.05) is 6.42 Å². The zero-order chi connectivity index (χ0) is 22.2.